The van der Waals surface area contributed by atoms with Gasteiger partial charge in [-0.05, 0) is 111 Å². The van der Waals surface area contributed by atoms with Crippen molar-refractivity contribution in [3.8, 4) is 22.3 Å². The second-order valence-electron chi connectivity index (χ2n) is 14.2. The Morgan fingerprint density at radius 3 is 1.55 bits per heavy atom. The third kappa shape index (κ3) is 4.87. The largest absolute Gasteiger partial charge is 0.345 e. The first-order chi connectivity index (χ1) is 26.2. The van der Waals surface area contributed by atoms with Gasteiger partial charge in [-0.15, -0.1) is 0 Å². The van der Waals surface area contributed by atoms with Crippen LogP contribution in [0.3, 0.4) is 0 Å². The van der Waals surface area contributed by atoms with Gasteiger partial charge in [0, 0.05) is 35.4 Å². The first-order valence-corrected chi connectivity index (χ1v) is 18.5. The maximum absolute atomic E-state index is 2.48. The molecule has 0 saturated carbocycles. The van der Waals surface area contributed by atoms with Crippen molar-refractivity contribution in [3.63, 3.8) is 0 Å². The van der Waals surface area contributed by atoms with E-state index in [1.54, 1.807) is 0 Å². The maximum Gasteiger partial charge on any atom is 0.0715 e. The highest BCUT2D eigenvalue weighted by Gasteiger charge is 2.47. The van der Waals surface area contributed by atoms with E-state index in [2.05, 4.69) is 217 Å². The molecule has 2 aliphatic rings. The predicted molar refractivity (Wildman–Crippen MR) is 221 cm³/mol. The molecule has 0 bridgehead atoms. The minimum atomic E-state index is -0.551. The fraction of sp³-hybridized carbons (Fsp3) is 0.0588. The molecular formula is C51H38N2. The molecule has 0 amide bonds. The Balaban J connectivity index is 1.25. The van der Waals surface area contributed by atoms with Crippen LogP contribution in [-0.4, -0.2) is 7.05 Å². The van der Waals surface area contributed by atoms with Crippen LogP contribution < -0.4 is 9.80 Å². The topological polar surface area (TPSA) is 6.48 Å². The van der Waals surface area contributed by atoms with E-state index in [1.807, 2.05) is 0 Å². The summed E-state index contributed by atoms with van der Waals surface area (Å²) >= 11 is 0. The van der Waals surface area contributed by atoms with Gasteiger partial charge in [-0.1, -0.05) is 146 Å². The number of anilines is 5. The zero-order valence-corrected chi connectivity index (χ0v) is 29.7. The second-order valence-corrected chi connectivity index (χ2v) is 14.2. The number of benzene rings is 8. The van der Waals surface area contributed by atoms with Gasteiger partial charge in [0.25, 0.3) is 0 Å². The van der Waals surface area contributed by atoms with Crippen molar-refractivity contribution in [2.75, 3.05) is 16.8 Å². The Morgan fingerprint density at radius 1 is 0.396 bits per heavy atom. The number of nitrogens with zero attached hydrogens (tertiary/aromatic N) is 2. The highest BCUT2D eigenvalue weighted by atomic mass is 15.1. The van der Waals surface area contributed by atoms with Crippen LogP contribution in [0.5, 0.6) is 0 Å². The minimum absolute atomic E-state index is 0.551. The van der Waals surface area contributed by atoms with Crippen molar-refractivity contribution in [2.45, 2.75) is 11.8 Å². The summed E-state index contributed by atoms with van der Waals surface area (Å²) in [6, 6.07) is 73.6. The molecule has 0 atom stereocenters. The summed E-state index contributed by atoms with van der Waals surface area (Å²) in [6.07, 6.45) is 0.951. The second kappa shape index (κ2) is 12.5. The molecule has 0 fully saturated rings. The number of hydrogen-bond acceptors (Lipinski definition) is 2. The lowest BCUT2D eigenvalue weighted by Crippen LogP contribution is -2.29. The zero-order valence-electron chi connectivity index (χ0n) is 29.7. The van der Waals surface area contributed by atoms with E-state index in [1.165, 1.54) is 61.3 Å². The Hall–Kier alpha value is -6.64. The molecule has 2 aliphatic carbocycles. The highest BCUT2D eigenvalue weighted by molar-refractivity contribution is 5.95. The summed E-state index contributed by atoms with van der Waals surface area (Å²) in [5, 5.41) is 0. The van der Waals surface area contributed by atoms with Gasteiger partial charge in [-0.25, -0.2) is 0 Å². The fourth-order valence-electron chi connectivity index (χ4n) is 8.97. The lowest BCUT2D eigenvalue weighted by Gasteiger charge is -2.35. The summed E-state index contributed by atoms with van der Waals surface area (Å²) in [4.78, 5) is 4.76. The molecule has 0 unspecified atom stereocenters. The summed E-state index contributed by atoms with van der Waals surface area (Å²) in [7, 11) is 2.16. The van der Waals surface area contributed by atoms with Gasteiger partial charge < -0.3 is 9.80 Å². The normalized spacial score (nSPS) is 13.1. The number of fused-ring (bicyclic) bond motifs is 6. The first-order valence-electron chi connectivity index (χ1n) is 18.5. The molecule has 0 saturated heterocycles. The number of para-hydroxylation sites is 2. The standard InChI is InChI=1S/C51H38N2/c1-52(40-23-10-4-11-24-40)42-29-31-45-46-32-30-43(35-48(46)51(47(45)34-42,38-19-6-2-7-20-38)39-21-8-3-9-22-39)53(41-25-12-5-13-26-41)49-28-16-18-37-33-36-17-14-15-27-44(36)50(37)49/h2-32,34-35H,33H2,1H3. The van der Waals surface area contributed by atoms with Gasteiger partial charge in [0.05, 0.1) is 11.1 Å². The molecule has 0 spiro atoms. The lowest BCUT2D eigenvalue weighted by atomic mass is 9.67. The van der Waals surface area contributed by atoms with Crippen molar-refractivity contribution in [3.05, 3.63) is 234 Å². The van der Waals surface area contributed by atoms with Crippen LogP contribution in [-0.2, 0) is 11.8 Å². The molecule has 0 radical (unpaired) electrons. The summed E-state index contributed by atoms with van der Waals surface area (Å²) < 4.78 is 0. The van der Waals surface area contributed by atoms with Crippen molar-refractivity contribution in [1.29, 1.82) is 0 Å². The van der Waals surface area contributed by atoms with Crippen LogP contribution in [0.2, 0.25) is 0 Å². The average Bonchev–Trinajstić information content (AvgIpc) is 3.76. The van der Waals surface area contributed by atoms with Gasteiger partial charge in [-0.3, -0.25) is 0 Å². The fourth-order valence-corrected chi connectivity index (χ4v) is 8.97. The average molecular weight is 679 g/mol. The number of rotatable bonds is 7. The van der Waals surface area contributed by atoms with Crippen molar-refractivity contribution >= 4 is 28.4 Å². The SMILES string of the molecule is CN(c1ccccc1)c1ccc2c(c1)C(c1ccccc1)(c1ccccc1)c1cc(N(c3ccccc3)c3cccc4c3-c3ccccc3C4)ccc1-2. The van der Waals surface area contributed by atoms with Crippen LogP contribution in [0.25, 0.3) is 22.3 Å². The monoisotopic (exact) mass is 678 g/mol. The summed E-state index contributed by atoms with van der Waals surface area (Å²) in [5.74, 6) is 0. The molecule has 8 aromatic carbocycles. The minimum Gasteiger partial charge on any atom is -0.345 e. The molecule has 10 rings (SSSR count). The molecular weight excluding hydrogens is 641 g/mol. The van der Waals surface area contributed by atoms with E-state index >= 15 is 0 Å². The van der Waals surface area contributed by atoms with Gasteiger partial charge in [0.1, 0.15) is 0 Å². The zero-order chi connectivity index (χ0) is 35.4. The van der Waals surface area contributed by atoms with Gasteiger partial charge >= 0.3 is 0 Å². The molecule has 0 heterocycles. The van der Waals surface area contributed by atoms with Gasteiger partial charge in [0.2, 0.25) is 0 Å². The van der Waals surface area contributed by atoms with Crippen LogP contribution >= 0.6 is 0 Å². The lowest BCUT2D eigenvalue weighted by molar-refractivity contribution is 0.768. The van der Waals surface area contributed by atoms with Gasteiger partial charge in [-0.2, -0.15) is 0 Å². The third-order valence-electron chi connectivity index (χ3n) is 11.4. The highest BCUT2D eigenvalue weighted by Crippen LogP contribution is 2.58. The van der Waals surface area contributed by atoms with E-state index in [4.69, 9.17) is 0 Å². The quantitative estimate of drug-likeness (QED) is 0.166. The summed E-state index contributed by atoms with van der Waals surface area (Å²) in [5.41, 5.74) is 18.3. The Labute approximate surface area is 311 Å². The molecule has 0 aromatic heterocycles. The Bertz CT molecular complexity index is 2560. The molecule has 0 aliphatic heterocycles. The molecule has 252 valence electrons. The first kappa shape index (κ1) is 31.1. The van der Waals surface area contributed by atoms with Gasteiger partial charge in [0.15, 0.2) is 0 Å². The number of hydrogen-bond donors (Lipinski definition) is 0. The van der Waals surface area contributed by atoms with Crippen molar-refractivity contribution < 1.29 is 0 Å². The predicted octanol–water partition coefficient (Wildman–Crippen LogP) is 12.9. The molecule has 53 heavy (non-hydrogen) atoms. The van der Waals surface area contributed by atoms with E-state index in [0.717, 1.165) is 29.2 Å². The molecule has 2 nitrogen and oxygen atoms in total. The van der Waals surface area contributed by atoms with Crippen LogP contribution in [0.15, 0.2) is 200 Å². The maximum atomic E-state index is 2.48. The smallest absolute Gasteiger partial charge is 0.0715 e. The van der Waals surface area contributed by atoms with E-state index < -0.39 is 5.41 Å². The third-order valence-corrected chi connectivity index (χ3v) is 11.4. The molecule has 0 N–H and O–H groups in total. The van der Waals surface area contributed by atoms with E-state index in [-0.39, 0.29) is 0 Å². The van der Waals surface area contributed by atoms with Crippen LogP contribution in [0.1, 0.15) is 33.4 Å². The van der Waals surface area contributed by atoms with Crippen molar-refractivity contribution in [2.24, 2.45) is 0 Å². The van der Waals surface area contributed by atoms with E-state index in [9.17, 15) is 0 Å². The Morgan fingerprint density at radius 2 is 0.906 bits per heavy atom. The molecule has 2 heteroatoms. The van der Waals surface area contributed by atoms with Crippen LogP contribution in [0, 0.1) is 0 Å². The van der Waals surface area contributed by atoms with Crippen molar-refractivity contribution in [1.82, 2.24) is 0 Å². The summed E-state index contributed by atoms with van der Waals surface area (Å²) in [6.45, 7) is 0. The van der Waals surface area contributed by atoms with Crippen LogP contribution in [0.4, 0.5) is 28.4 Å². The van der Waals surface area contributed by atoms with E-state index in [0.29, 0.717) is 0 Å². The Kier molecular flexibility index (Phi) is 7.37. The molecule has 8 aromatic rings.